The number of benzene rings is 3. The van der Waals surface area contributed by atoms with Gasteiger partial charge >= 0.3 is 5.97 Å². The summed E-state index contributed by atoms with van der Waals surface area (Å²) < 4.78 is 18.8. The molecule has 0 fully saturated rings. The molecule has 1 aliphatic heterocycles. The molecular formula is C24H19FN2O5. The van der Waals surface area contributed by atoms with Crippen molar-refractivity contribution in [1.29, 1.82) is 0 Å². The minimum absolute atomic E-state index is 0.0500. The molecule has 3 N–H and O–H groups in total. The summed E-state index contributed by atoms with van der Waals surface area (Å²) in [5.41, 5.74) is 7.99. The van der Waals surface area contributed by atoms with Crippen molar-refractivity contribution in [3.8, 4) is 5.75 Å². The number of primary amides is 1. The molecule has 1 aliphatic rings. The lowest BCUT2D eigenvalue weighted by Gasteiger charge is -2.34. The van der Waals surface area contributed by atoms with Crippen molar-refractivity contribution in [1.82, 2.24) is 4.90 Å². The second kappa shape index (κ2) is 8.50. The van der Waals surface area contributed by atoms with Crippen LogP contribution in [0.1, 0.15) is 43.4 Å². The number of hydrogen-bond acceptors (Lipinski definition) is 4. The monoisotopic (exact) mass is 434 g/mol. The molecule has 8 heteroatoms. The number of ether oxygens (including phenoxy) is 1. The van der Waals surface area contributed by atoms with E-state index in [0.717, 1.165) is 11.1 Å². The average molecular weight is 434 g/mol. The Balaban J connectivity index is 1.62. The molecule has 0 bridgehead atoms. The average Bonchev–Trinajstić information content (AvgIpc) is 2.77. The Hall–Kier alpha value is -4.20. The van der Waals surface area contributed by atoms with Crippen LogP contribution in [0.5, 0.6) is 5.75 Å². The van der Waals surface area contributed by atoms with Gasteiger partial charge in [-0.2, -0.15) is 0 Å². The van der Waals surface area contributed by atoms with Gasteiger partial charge < -0.3 is 15.6 Å². The summed E-state index contributed by atoms with van der Waals surface area (Å²) >= 11 is 0. The second-order valence-corrected chi connectivity index (χ2v) is 7.41. The van der Waals surface area contributed by atoms with Gasteiger partial charge in [0.05, 0.1) is 11.1 Å². The lowest BCUT2D eigenvalue weighted by Crippen LogP contribution is -2.46. The number of carboxylic acids is 1. The van der Waals surface area contributed by atoms with Crippen molar-refractivity contribution in [3.63, 3.8) is 0 Å². The number of rotatable bonds is 6. The van der Waals surface area contributed by atoms with E-state index < -0.39 is 23.8 Å². The van der Waals surface area contributed by atoms with Crippen LogP contribution in [-0.2, 0) is 11.2 Å². The number of carbonyl (C=O) groups excluding carboxylic acids is 2. The third-order valence-corrected chi connectivity index (χ3v) is 5.27. The van der Waals surface area contributed by atoms with Gasteiger partial charge in [-0.1, -0.05) is 30.3 Å². The van der Waals surface area contributed by atoms with Crippen LogP contribution in [0.3, 0.4) is 0 Å². The van der Waals surface area contributed by atoms with E-state index >= 15 is 0 Å². The van der Waals surface area contributed by atoms with Gasteiger partial charge in [0.1, 0.15) is 17.6 Å². The van der Waals surface area contributed by atoms with Crippen LogP contribution in [0.2, 0.25) is 0 Å². The van der Waals surface area contributed by atoms with Crippen LogP contribution in [-0.4, -0.2) is 34.5 Å². The highest BCUT2D eigenvalue weighted by molar-refractivity contribution is 6.00. The van der Waals surface area contributed by atoms with Crippen LogP contribution in [0.4, 0.5) is 4.39 Å². The summed E-state index contributed by atoms with van der Waals surface area (Å²) in [6.07, 6.45) is 0.483. The largest absolute Gasteiger partial charge is 0.478 e. The van der Waals surface area contributed by atoms with Crippen LogP contribution >= 0.6 is 0 Å². The molecule has 2 amide bonds. The highest BCUT2D eigenvalue weighted by atomic mass is 19.1. The van der Waals surface area contributed by atoms with E-state index in [0.29, 0.717) is 17.7 Å². The maximum absolute atomic E-state index is 13.3. The summed E-state index contributed by atoms with van der Waals surface area (Å²) in [5.74, 6) is -2.24. The maximum atomic E-state index is 13.3. The fourth-order valence-electron chi connectivity index (χ4n) is 3.67. The molecule has 1 unspecified atom stereocenters. The Morgan fingerprint density at radius 3 is 2.31 bits per heavy atom. The molecule has 7 nitrogen and oxygen atoms in total. The predicted molar refractivity (Wildman–Crippen MR) is 113 cm³/mol. The molecule has 4 rings (SSSR count). The van der Waals surface area contributed by atoms with E-state index in [4.69, 9.17) is 15.6 Å². The fourth-order valence-corrected chi connectivity index (χ4v) is 3.67. The van der Waals surface area contributed by atoms with Crippen molar-refractivity contribution < 1.29 is 28.6 Å². The number of hydrogen-bond donors (Lipinski definition) is 2. The highest BCUT2D eigenvalue weighted by Crippen LogP contribution is 2.32. The smallest absolute Gasteiger partial charge is 0.335 e. The van der Waals surface area contributed by atoms with Gasteiger partial charge in [-0.15, -0.1) is 0 Å². The topological polar surface area (TPSA) is 110 Å². The van der Waals surface area contributed by atoms with E-state index in [9.17, 15) is 18.8 Å². The Labute approximate surface area is 182 Å². The van der Waals surface area contributed by atoms with E-state index in [1.807, 2.05) is 6.07 Å². The SMILES string of the molecule is NC(=O)C(c1ccc(C(=O)O)cc1)N1COc2ccc(Cc3ccc(F)cc3)cc2C1=O. The third-order valence-electron chi connectivity index (χ3n) is 5.27. The molecule has 32 heavy (non-hydrogen) atoms. The van der Waals surface area contributed by atoms with Crippen molar-refractivity contribution in [3.05, 3.63) is 100 Å². The van der Waals surface area contributed by atoms with Gasteiger partial charge in [0, 0.05) is 0 Å². The zero-order valence-corrected chi connectivity index (χ0v) is 16.8. The molecule has 3 aromatic carbocycles. The molecule has 0 spiro atoms. The van der Waals surface area contributed by atoms with Crippen molar-refractivity contribution >= 4 is 17.8 Å². The van der Waals surface area contributed by atoms with E-state index in [1.54, 1.807) is 24.3 Å². The highest BCUT2D eigenvalue weighted by Gasteiger charge is 2.35. The van der Waals surface area contributed by atoms with Gasteiger partial charge in [-0.25, -0.2) is 9.18 Å². The number of carbonyl (C=O) groups is 3. The lowest BCUT2D eigenvalue weighted by atomic mass is 9.99. The Kier molecular flexibility index (Phi) is 5.59. The van der Waals surface area contributed by atoms with Crippen LogP contribution < -0.4 is 10.5 Å². The number of aromatic carboxylic acids is 1. The quantitative estimate of drug-likeness (QED) is 0.619. The number of nitrogens with zero attached hydrogens (tertiary/aromatic N) is 1. The minimum Gasteiger partial charge on any atom is -0.478 e. The molecular weight excluding hydrogens is 415 g/mol. The summed E-state index contributed by atoms with van der Waals surface area (Å²) in [4.78, 5) is 37.8. The number of carboxylic acid groups (broad SMARTS) is 1. The predicted octanol–water partition coefficient (Wildman–Crippen LogP) is 3.13. The summed E-state index contributed by atoms with van der Waals surface area (Å²) in [6, 6.07) is 15.7. The van der Waals surface area contributed by atoms with Gasteiger partial charge in [0.15, 0.2) is 6.73 Å². The van der Waals surface area contributed by atoms with Crippen LogP contribution in [0, 0.1) is 5.82 Å². The maximum Gasteiger partial charge on any atom is 0.335 e. The number of amides is 2. The summed E-state index contributed by atoms with van der Waals surface area (Å²) in [6.45, 7) is -0.183. The first-order valence-corrected chi connectivity index (χ1v) is 9.77. The van der Waals surface area contributed by atoms with Crippen LogP contribution in [0.15, 0.2) is 66.7 Å². The normalized spacial score (nSPS) is 13.8. The molecule has 0 saturated carbocycles. The summed E-state index contributed by atoms with van der Waals surface area (Å²) in [5, 5.41) is 9.07. The fraction of sp³-hybridized carbons (Fsp3) is 0.125. The number of halogens is 1. The summed E-state index contributed by atoms with van der Waals surface area (Å²) in [7, 11) is 0. The van der Waals surface area contributed by atoms with Crippen LogP contribution in [0.25, 0.3) is 0 Å². The molecule has 0 radical (unpaired) electrons. The van der Waals surface area contributed by atoms with Crippen molar-refractivity contribution in [2.75, 3.05) is 6.73 Å². The Bertz CT molecular complexity index is 1190. The minimum atomic E-state index is -1.13. The second-order valence-electron chi connectivity index (χ2n) is 7.41. The molecule has 1 atom stereocenters. The van der Waals surface area contributed by atoms with E-state index in [-0.39, 0.29) is 23.7 Å². The molecule has 1 heterocycles. The molecule has 162 valence electrons. The van der Waals surface area contributed by atoms with Crippen molar-refractivity contribution in [2.24, 2.45) is 5.73 Å². The molecule has 0 saturated heterocycles. The molecule has 0 aromatic heterocycles. The van der Waals surface area contributed by atoms with Crippen molar-refractivity contribution in [2.45, 2.75) is 12.5 Å². The van der Waals surface area contributed by atoms with Gasteiger partial charge in [0.25, 0.3) is 5.91 Å². The first kappa shape index (κ1) is 21.0. The van der Waals surface area contributed by atoms with Gasteiger partial charge in [-0.3, -0.25) is 14.5 Å². The standard InChI is InChI=1S/C24H19FN2O5/c25-18-8-1-14(2-9-18)11-15-3-10-20-19(12-15)23(29)27(13-32-20)21(22(26)28)16-4-6-17(7-5-16)24(30)31/h1-10,12,21H,11,13H2,(H2,26,28)(H,30,31). The lowest BCUT2D eigenvalue weighted by molar-refractivity contribution is -0.123. The number of fused-ring (bicyclic) bond motifs is 1. The van der Waals surface area contributed by atoms with Gasteiger partial charge in [0.2, 0.25) is 5.91 Å². The van der Waals surface area contributed by atoms with E-state index in [1.165, 1.54) is 41.3 Å². The first-order valence-electron chi connectivity index (χ1n) is 9.77. The zero-order chi connectivity index (χ0) is 22.8. The Morgan fingerprint density at radius 1 is 1.03 bits per heavy atom. The van der Waals surface area contributed by atoms with Gasteiger partial charge in [-0.05, 0) is 59.5 Å². The number of nitrogens with two attached hydrogens (primary N) is 1. The molecule has 3 aromatic rings. The molecule has 0 aliphatic carbocycles. The Morgan fingerprint density at radius 2 is 1.69 bits per heavy atom. The van der Waals surface area contributed by atoms with E-state index in [2.05, 4.69) is 0 Å². The third kappa shape index (κ3) is 4.15. The first-order chi connectivity index (χ1) is 15.3. The zero-order valence-electron chi connectivity index (χ0n) is 16.8.